The van der Waals surface area contributed by atoms with Crippen LogP contribution in [0.4, 0.5) is 10.2 Å². The molecule has 6 heteroatoms. The minimum atomic E-state index is -0.301. The van der Waals surface area contributed by atoms with Crippen molar-refractivity contribution in [2.45, 2.75) is 20.4 Å². The number of benzene rings is 2. The van der Waals surface area contributed by atoms with E-state index in [1.54, 1.807) is 47.1 Å². The van der Waals surface area contributed by atoms with Crippen LogP contribution >= 0.6 is 0 Å². The van der Waals surface area contributed by atoms with Crippen LogP contribution in [0.1, 0.15) is 28.5 Å². The number of carbonyl (C=O) groups is 1. The number of ether oxygens (including phenoxy) is 1. The Bertz CT molecular complexity index is 921. The second-order valence-electron chi connectivity index (χ2n) is 5.80. The van der Waals surface area contributed by atoms with Crippen LogP contribution in [0.15, 0.2) is 54.6 Å². The first-order valence-electron chi connectivity index (χ1n) is 8.39. The molecule has 0 aliphatic heterocycles. The van der Waals surface area contributed by atoms with Crippen molar-refractivity contribution in [1.29, 1.82) is 0 Å². The predicted molar refractivity (Wildman–Crippen MR) is 98.0 cm³/mol. The van der Waals surface area contributed by atoms with Crippen LogP contribution in [0.3, 0.4) is 0 Å². The van der Waals surface area contributed by atoms with Crippen LogP contribution in [-0.4, -0.2) is 22.3 Å². The highest BCUT2D eigenvalue weighted by atomic mass is 19.1. The Morgan fingerprint density at radius 1 is 1.19 bits per heavy atom. The summed E-state index contributed by atoms with van der Waals surface area (Å²) in [6.07, 6.45) is 0. The summed E-state index contributed by atoms with van der Waals surface area (Å²) in [5, 5.41) is 7.14. The number of amides is 1. The zero-order chi connectivity index (χ0) is 18.5. The SMILES string of the molecule is CCOc1ccccc1C(=O)Nc1cc(C)n(Cc2ccccc2F)n1. The second kappa shape index (κ2) is 7.82. The van der Waals surface area contributed by atoms with Gasteiger partial charge in [0.1, 0.15) is 11.6 Å². The lowest BCUT2D eigenvalue weighted by molar-refractivity contribution is 0.102. The van der Waals surface area contributed by atoms with Gasteiger partial charge in [-0.3, -0.25) is 9.48 Å². The zero-order valence-electron chi connectivity index (χ0n) is 14.7. The number of aryl methyl sites for hydroxylation is 1. The number of rotatable bonds is 6. The van der Waals surface area contributed by atoms with E-state index in [1.165, 1.54) is 6.07 Å². The third-order valence-electron chi connectivity index (χ3n) is 3.93. The van der Waals surface area contributed by atoms with E-state index in [1.807, 2.05) is 19.9 Å². The molecular formula is C20H20FN3O2. The Balaban J connectivity index is 1.77. The predicted octanol–water partition coefficient (Wildman–Crippen LogP) is 4.03. The van der Waals surface area contributed by atoms with Gasteiger partial charge in [0.2, 0.25) is 0 Å². The monoisotopic (exact) mass is 353 g/mol. The zero-order valence-corrected chi connectivity index (χ0v) is 14.7. The number of hydrogen-bond donors (Lipinski definition) is 1. The van der Waals surface area contributed by atoms with Crippen molar-refractivity contribution in [3.63, 3.8) is 0 Å². The van der Waals surface area contributed by atoms with Crippen LogP contribution in [0.2, 0.25) is 0 Å². The number of halogens is 1. The summed E-state index contributed by atoms with van der Waals surface area (Å²) in [5.41, 5.74) is 1.80. The van der Waals surface area contributed by atoms with Crippen LogP contribution in [0.25, 0.3) is 0 Å². The molecule has 0 unspecified atom stereocenters. The first kappa shape index (κ1) is 17.7. The molecule has 0 radical (unpaired) electrons. The fourth-order valence-corrected chi connectivity index (χ4v) is 2.64. The Hall–Kier alpha value is -3.15. The van der Waals surface area contributed by atoms with E-state index in [-0.39, 0.29) is 11.7 Å². The summed E-state index contributed by atoms with van der Waals surface area (Å²) >= 11 is 0. The normalized spacial score (nSPS) is 10.6. The maximum atomic E-state index is 13.8. The molecule has 0 aliphatic carbocycles. The lowest BCUT2D eigenvalue weighted by atomic mass is 10.2. The summed E-state index contributed by atoms with van der Waals surface area (Å²) in [6.45, 7) is 4.49. The van der Waals surface area contributed by atoms with Gasteiger partial charge in [-0.05, 0) is 32.0 Å². The standard InChI is InChI=1S/C20H20FN3O2/c1-3-26-18-11-7-5-9-16(18)20(25)22-19-12-14(2)24(23-19)13-15-8-4-6-10-17(15)21/h4-12H,3,13H2,1-2H3,(H,22,23,25). The van der Waals surface area contributed by atoms with Crippen molar-refractivity contribution in [1.82, 2.24) is 9.78 Å². The molecule has 0 atom stereocenters. The third kappa shape index (κ3) is 3.91. The molecule has 1 aromatic heterocycles. The molecule has 1 N–H and O–H groups in total. The molecule has 2 aromatic carbocycles. The molecule has 134 valence electrons. The summed E-state index contributed by atoms with van der Waals surface area (Å²) in [4.78, 5) is 12.5. The van der Waals surface area contributed by atoms with Gasteiger partial charge in [0, 0.05) is 17.3 Å². The van der Waals surface area contributed by atoms with Crippen LogP contribution in [-0.2, 0) is 6.54 Å². The highest BCUT2D eigenvalue weighted by Crippen LogP contribution is 2.20. The van der Waals surface area contributed by atoms with Gasteiger partial charge in [0.15, 0.2) is 5.82 Å². The van der Waals surface area contributed by atoms with Gasteiger partial charge >= 0.3 is 0 Å². The van der Waals surface area contributed by atoms with Crippen molar-refractivity contribution in [3.05, 3.63) is 77.2 Å². The second-order valence-corrected chi connectivity index (χ2v) is 5.80. The Morgan fingerprint density at radius 2 is 1.92 bits per heavy atom. The van der Waals surface area contributed by atoms with Crippen LogP contribution < -0.4 is 10.1 Å². The summed E-state index contributed by atoms with van der Waals surface area (Å²) in [7, 11) is 0. The van der Waals surface area contributed by atoms with E-state index >= 15 is 0 Å². The fraction of sp³-hybridized carbons (Fsp3) is 0.200. The quantitative estimate of drug-likeness (QED) is 0.728. The highest BCUT2D eigenvalue weighted by Gasteiger charge is 2.14. The number of carbonyl (C=O) groups excluding carboxylic acids is 1. The van der Waals surface area contributed by atoms with Gasteiger partial charge < -0.3 is 10.1 Å². The topological polar surface area (TPSA) is 56.1 Å². The largest absolute Gasteiger partial charge is 0.493 e. The molecule has 26 heavy (non-hydrogen) atoms. The summed E-state index contributed by atoms with van der Waals surface area (Å²) in [6, 6.07) is 15.4. The number of hydrogen-bond acceptors (Lipinski definition) is 3. The molecule has 1 heterocycles. The van der Waals surface area contributed by atoms with Crippen LogP contribution in [0.5, 0.6) is 5.75 Å². The van der Waals surface area contributed by atoms with Gasteiger partial charge in [0.05, 0.1) is 18.7 Å². The molecule has 0 bridgehead atoms. The average Bonchev–Trinajstić information content (AvgIpc) is 2.97. The van der Waals surface area contributed by atoms with Crippen LogP contribution in [0, 0.1) is 12.7 Å². The molecular weight excluding hydrogens is 333 g/mol. The lowest BCUT2D eigenvalue weighted by Crippen LogP contribution is -2.14. The maximum Gasteiger partial charge on any atom is 0.260 e. The Labute approximate surface area is 151 Å². The first-order valence-corrected chi connectivity index (χ1v) is 8.39. The van der Waals surface area contributed by atoms with E-state index in [9.17, 15) is 9.18 Å². The van der Waals surface area contributed by atoms with E-state index < -0.39 is 0 Å². The average molecular weight is 353 g/mol. The number of nitrogens with zero attached hydrogens (tertiary/aromatic N) is 2. The van der Waals surface area contributed by atoms with E-state index in [2.05, 4.69) is 10.4 Å². The molecule has 0 saturated heterocycles. The van der Waals surface area contributed by atoms with Gasteiger partial charge in [-0.25, -0.2) is 4.39 Å². The van der Waals surface area contributed by atoms with Gasteiger partial charge in [-0.1, -0.05) is 30.3 Å². The van der Waals surface area contributed by atoms with Crippen molar-refractivity contribution in [3.8, 4) is 5.75 Å². The fourth-order valence-electron chi connectivity index (χ4n) is 2.64. The lowest BCUT2D eigenvalue weighted by Gasteiger charge is -2.09. The smallest absolute Gasteiger partial charge is 0.260 e. The van der Waals surface area contributed by atoms with Crippen molar-refractivity contribution in [2.24, 2.45) is 0 Å². The number of aromatic nitrogens is 2. The van der Waals surface area contributed by atoms with Gasteiger partial charge in [-0.2, -0.15) is 5.10 Å². The molecule has 0 fully saturated rings. The molecule has 0 saturated carbocycles. The molecule has 3 rings (SSSR count). The third-order valence-corrected chi connectivity index (χ3v) is 3.93. The number of para-hydroxylation sites is 1. The van der Waals surface area contributed by atoms with Gasteiger partial charge in [-0.15, -0.1) is 0 Å². The molecule has 0 aliphatic rings. The maximum absolute atomic E-state index is 13.8. The minimum Gasteiger partial charge on any atom is -0.493 e. The molecule has 0 spiro atoms. The summed E-state index contributed by atoms with van der Waals surface area (Å²) in [5.74, 6) is 0.355. The van der Waals surface area contributed by atoms with Crippen molar-refractivity contribution in [2.75, 3.05) is 11.9 Å². The molecule has 1 amide bonds. The van der Waals surface area contributed by atoms with E-state index in [0.29, 0.717) is 35.8 Å². The van der Waals surface area contributed by atoms with E-state index in [0.717, 1.165) is 5.69 Å². The number of nitrogens with one attached hydrogen (secondary N) is 1. The Morgan fingerprint density at radius 3 is 2.69 bits per heavy atom. The van der Waals surface area contributed by atoms with Crippen molar-refractivity contribution >= 4 is 11.7 Å². The molecule has 5 nitrogen and oxygen atoms in total. The summed E-state index contributed by atoms with van der Waals surface area (Å²) < 4.78 is 21.0. The van der Waals surface area contributed by atoms with Crippen molar-refractivity contribution < 1.29 is 13.9 Å². The highest BCUT2D eigenvalue weighted by molar-refractivity contribution is 6.05. The van der Waals surface area contributed by atoms with Gasteiger partial charge in [0.25, 0.3) is 5.91 Å². The molecule has 3 aromatic rings. The van der Waals surface area contributed by atoms with E-state index in [4.69, 9.17) is 4.74 Å². The first-order chi connectivity index (χ1) is 12.6. The Kier molecular flexibility index (Phi) is 5.31. The number of anilines is 1. The minimum absolute atomic E-state index is 0.279.